The van der Waals surface area contributed by atoms with Crippen molar-refractivity contribution >= 4 is 82.5 Å². The van der Waals surface area contributed by atoms with Crippen LogP contribution in [0.25, 0.3) is 0 Å². The normalized spacial score (nSPS) is 18.9. The summed E-state index contributed by atoms with van der Waals surface area (Å²) in [5, 5.41) is 9.15. The number of esters is 3. The zero-order chi connectivity index (χ0) is 104. The van der Waals surface area contributed by atoms with Crippen molar-refractivity contribution in [1.29, 1.82) is 0 Å². The third kappa shape index (κ3) is 26.7. The van der Waals surface area contributed by atoms with Crippen LogP contribution in [0.5, 0.6) is 28.7 Å². The second kappa shape index (κ2) is 49.6. The predicted molar refractivity (Wildman–Crippen MR) is 586 cm³/mol. The molecule has 1 heterocycles. The summed E-state index contributed by atoms with van der Waals surface area (Å²) in [5.74, 6) is 2.94. The van der Waals surface area contributed by atoms with Crippen LogP contribution >= 0.6 is 0 Å². The highest BCUT2D eigenvalue weighted by molar-refractivity contribution is 7.98. The van der Waals surface area contributed by atoms with E-state index in [4.69, 9.17) is 32.6 Å². The average molecular weight is 2110 g/mol. The van der Waals surface area contributed by atoms with E-state index in [1.165, 1.54) is 140 Å². The van der Waals surface area contributed by atoms with Crippen molar-refractivity contribution in [2.75, 3.05) is 33.5 Å². The second-order valence-corrected chi connectivity index (χ2v) is 51.1. The Labute approximate surface area is 885 Å². The minimum absolute atomic E-state index is 0.0220. The highest BCUT2D eigenvalue weighted by Gasteiger charge is 2.70. The molecule has 1 N–H and O–H groups in total. The monoisotopic (exact) mass is 2110 g/mol. The minimum atomic E-state index is -4.35. The Morgan fingerprint density at radius 1 is 0.338 bits per heavy atom. The average Bonchev–Trinajstić information content (AvgIpc) is 1.52. The summed E-state index contributed by atoms with van der Waals surface area (Å²) in [6.45, 7) is 22.3. The van der Waals surface area contributed by atoms with Gasteiger partial charge in [0.05, 0.1) is 62.5 Å². The highest BCUT2D eigenvalue weighted by Crippen LogP contribution is 2.62. The van der Waals surface area contributed by atoms with E-state index in [9.17, 15) is 41.1 Å². The van der Waals surface area contributed by atoms with Gasteiger partial charge in [0.2, 0.25) is 5.79 Å². The van der Waals surface area contributed by atoms with Gasteiger partial charge in [-0.3, -0.25) is 0 Å². The smallest absolute Gasteiger partial charge is 0.507 e. The number of ether oxygens (including phenoxy) is 7. The summed E-state index contributed by atoms with van der Waals surface area (Å²) in [5.41, 5.74) is 4.78. The summed E-state index contributed by atoms with van der Waals surface area (Å²) < 4.78 is 111. The molecule has 768 valence electrons. The van der Waals surface area contributed by atoms with E-state index in [0.717, 1.165) is 107 Å². The number of fused-ring (bicyclic) bond motifs is 1. The number of phenolic OH excluding ortho intramolecular Hbond substituents is 1. The van der Waals surface area contributed by atoms with Gasteiger partial charge in [0.25, 0.3) is 10.1 Å². The maximum absolute atomic E-state index is 13.4. The number of unbranched alkanes of at least 4 members (excludes halogenated alkanes) is 3. The first-order valence-electron chi connectivity index (χ1n) is 50.8. The van der Waals surface area contributed by atoms with E-state index in [1.54, 1.807) is 32.0 Å². The summed E-state index contributed by atoms with van der Waals surface area (Å²) in [6.07, 6.45) is 13.9. The van der Waals surface area contributed by atoms with Crippen molar-refractivity contribution in [3.63, 3.8) is 0 Å². The predicted octanol–water partition coefficient (Wildman–Crippen LogP) is 29.3. The molecule has 5 atom stereocenters. The van der Waals surface area contributed by atoms with Crippen LogP contribution < -0.4 is 18.9 Å². The van der Waals surface area contributed by atoms with Crippen molar-refractivity contribution in [3.8, 4) is 28.7 Å². The first-order chi connectivity index (χ1) is 71.3. The van der Waals surface area contributed by atoms with E-state index in [2.05, 4.69) is 306 Å². The van der Waals surface area contributed by atoms with Gasteiger partial charge in [-0.25, -0.2) is 18.6 Å². The van der Waals surface area contributed by atoms with Gasteiger partial charge in [-0.05, 0) is 316 Å². The SMILES string of the molecule is CCCCCCOc1c(C)cc([S+](c2ccccc2)c2ccccc2)cc1C.COC(=O)COc1c(C)cc([S+](c2ccccc2)c2ccccc2)cc1C.Cc1cc([S+](c2ccccc2)C(F)(F)F)cc(C)c1O.Cc1cc([S+](c2ccccc2)c2ccccc2)cc(C)c1OCC(=O)OC12CC3CC(CC(C3)C1)C2.Cc1cc([S+](c2ccccc2)c2ccccc2)cc(C)c1OCC(=O)OC12CC3CC1C(C3)S(=O)(=O)O2. The number of hydrogen-bond acceptors (Lipinski definition) is 14. The minimum Gasteiger partial charge on any atom is -0.507 e. The number of hydrogen-bond donors (Lipinski definition) is 1. The largest absolute Gasteiger partial charge is 0.586 e. The van der Waals surface area contributed by atoms with Crippen LogP contribution in [0.15, 0.2) is 402 Å². The number of alkyl halides is 3. The van der Waals surface area contributed by atoms with Gasteiger partial charge >= 0.3 is 23.4 Å². The molecule has 6 aliphatic carbocycles. The number of phenols is 1. The van der Waals surface area contributed by atoms with Crippen LogP contribution in [-0.4, -0.2) is 87.1 Å². The molecule has 23 heteroatoms. The summed E-state index contributed by atoms with van der Waals surface area (Å²) in [7, 11) is -5.16. The summed E-state index contributed by atoms with van der Waals surface area (Å²) in [4.78, 5) is 52.8. The highest BCUT2D eigenvalue weighted by atomic mass is 32.2. The lowest BCUT2D eigenvalue weighted by atomic mass is 9.54. The molecule has 6 bridgehead atoms. The van der Waals surface area contributed by atoms with Gasteiger partial charge in [-0.15, -0.1) is 13.2 Å². The quantitative estimate of drug-likeness (QED) is 0.0143. The van der Waals surface area contributed by atoms with Crippen molar-refractivity contribution < 1.29 is 78.4 Å². The molecular weight excluding hydrogens is 1970 g/mol. The number of benzene rings is 14. The van der Waals surface area contributed by atoms with Gasteiger partial charge in [-0.1, -0.05) is 190 Å². The van der Waals surface area contributed by atoms with Crippen LogP contribution in [-0.2, 0) is 97.4 Å². The topological polar surface area (TPSA) is 179 Å². The number of rotatable bonds is 31. The first-order valence-corrected chi connectivity index (χ1v) is 58.4. The molecular formula is C125H132F3O14S6+5. The van der Waals surface area contributed by atoms with Crippen molar-refractivity contribution in [2.45, 2.75) is 250 Å². The van der Waals surface area contributed by atoms with Gasteiger partial charge < -0.3 is 38.3 Å². The van der Waals surface area contributed by atoms with Gasteiger partial charge in [0, 0.05) is 73.0 Å². The number of carbonyl (C=O) groups is 3. The Bertz CT molecular complexity index is 6650. The van der Waals surface area contributed by atoms with Crippen LogP contribution in [0.2, 0.25) is 0 Å². The molecule has 14 aromatic carbocycles. The van der Waals surface area contributed by atoms with E-state index < -0.39 is 43.5 Å². The maximum Gasteiger partial charge on any atom is 0.586 e. The number of aromatic hydroxyl groups is 1. The lowest BCUT2D eigenvalue weighted by molar-refractivity contribution is -0.205. The molecule has 7 aliphatic rings. The summed E-state index contributed by atoms with van der Waals surface area (Å²) >= 11 is 0. The zero-order valence-corrected chi connectivity index (χ0v) is 91.0. The molecule has 0 radical (unpaired) electrons. The molecule has 6 saturated carbocycles. The fourth-order valence-electron chi connectivity index (χ4n) is 22.0. The molecule has 21 rings (SSSR count). The van der Waals surface area contributed by atoms with E-state index >= 15 is 0 Å². The van der Waals surface area contributed by atoms with Gasteiger partial charge in [-0.2, -0.15) is 8.42 Å². The van der Waals surface area contributed by atoms with Gasteiger partial charge in [0.15, 0.2) is 99.3 Å². The molecule has 1 aliphatic heterocycles. The zero-order valence-electron chi connectivity index (χ0n) is 86.1. The van der Waals surface area contributed by atoms with Crippen LogP contribution in [0, 0.1) is 98.8 Å². The Balaban J connectivity index is 0.000000134. The van der Waals surface area contributed by atoms with E-state index in [-0.39, 0.29) is 108 Å². The molecule has 14 aromatic rings. The van der Waals surface area contributed by atoms with Crippen LogP contribution in [0.3, 0.4) is 0 Å². The van der Waals surface area contributed by atoms with Crippen LogP contribution in [0.1, 0.15) is 146 Å². The molecule has 7 fully saturated rings. The third-order valence-electron chi connectivity index (χ3n) is 27.9. The standard InChI is InChI=1S/C32H35O3S.C29H29O6S2.C26H31OS.C23H23O3S.C15H13F3OS/c1-22-13-29(36(27-9-5-3-6-10-27)28-11-7-4-8-12-28)14-23(2)31(22)34-21-30(33)35-32-18-24-15-25(19-32)17-26(16-24)20-32;1-19-13-24(36(22-9-5-3-6-10-22)23-11-7-4-8-12-23)14-20(2)28(19)33-18-27(30)34-29-17-21-15-25(29)26(16-21)37(31,32)35-29;1-4-5-6-13-18-27-26-21(2)19-25(20-22(26)3)28(23-14-9-7-10-15-23)24-16-11-8-12-17-24;1-17-14-21(15-18(2)23(17)26-16-22(24)25-3)27(19-10-6-4-7-11-19)20-12-8-5-9-13-20;1-10-8-13(9-11(2)14(10)19)20(15(16,17)18)12-6-4-3-5-7-12/h3-14,24-26H,15-21H2,1-2H3;3-14,21,25-26H,15-18H2,1-2H3;7-12,14-17,19-20H,4-6,13,18H2,1-3H3;4-15H,16H2,1-3H3;3-9H,1-2H3/q4*+1;/p+1. The molecule has 148 heavy (non-hydrogen) atoms. The second-order valence-electron chi connectivity index (χ2n) is 39.2. The molecule has 0 amide bonds. The maximum atomic E-state index is 13.4. The first kappa shape index (κ1) is 109. The number of aryl methyl sites for hydroxylation is 10. The fourth-order valence-corrected chi connectivity index (χ4v) is 34.9. The van der Waals surface area contributed by atoms with Gasteiger partial charge in [0.1, 0.15) is 34.3 Å². The van der Waals surface area contributed by atoms with E-state index in [1.807, 2.05) is 52.0 Å². The third-order valence-corrected chi connectivity index (χ3v) is 40.3. The Morgan fingerprint density at radius 3 is 0.892 bits per heavy atom. The molecule has 1 saturated heterocycles. The van der Waals surface area contributed by atoms with E-state index in [0.29, 0.717) is 29.7 Å². The number of carbonyl (C=O) groups excluding carboxylic acids is 3. The lowest BCUT2D eigenvalue weighted by Crippen LogP contribution is -2.53. The Morgan fingerprint density at radius 2 is 0.608 bits per heavy atom. The molecule has 0 aromatic heterocycles. The lowest BCUT2D eigenvalue weighted by Gasteiger charge is -2.55. The molecule has 0 spiro atoms. The van der Waals surface area contributed by atoms with Crippen molar-refractivity contribution in [2.24, 2.45) is 29.6 Å². The Hall–Kier alpha value is -12.1. The van der Waals surface area contributed by atoms with Crippen molar-refractivity contribution in [1.82, 2.24) is 0 Å². The molecule has 14 nitrogen and oxygen atoms in total. The summed E-state index contributed by atoms with van der Waals surface area (Å²) in [6, 6.07) is 113. The molecule has 5 unspecified atom stereocenters. The number of halogens is 3. The van der Waals surface area contributed by atoms with Crippen molar-refractivity contribution in [3.05, 3.63) is 389 Å². The number of methoxy groups -OCH3 is 1. The Kier molecular flexibility index (Phi) is 36.4. The fraction of sp³-hybridized carbons (Fsp3) is 0.304. The van der Waals surface area contributed by atoms with Crippen LogP contribution in [0.4, 0.5) is 13.2 Å².